The highest BCUT2D eigenvalue weighted by molar-refractivity contribution is 5.15. The Morgan fingerprint density at radius 3 is 2.22 bits per heavy atom. The van der Waals surface area contributed by atoms with Crippen molar-refractivity contribution in [2.45, 2.75) is 25.4 Å². The minimum atomic E-state index is 0.831. The van der Waals surface area contributed by atoms with E-state index in [4.69, 9.17) is 0 Å². The van der Waals surface area contributed by atoms with Crippen molar-refractivity contribution in [2.75, 3.05) is 27.2 Å². The van der Waals surface area contributed by atoms with Crippen molar-refractivity contribution in [1.82, 2.24) is 9.80 Å². The molecule has 0 spiro atoms. The van der Waals surface area contributed by atoms with Gasteiger partial charge in [-0.15, -0.1) is 0 Å². The van der Waals surface area contributed by atoms with E-state index in [1.54, 1.807) is 0 Å². The summed E-state index contributed by atoms with van der Waals surface area (Å²) in [6, 6.07) is 11.7. The number of hydrogen-bond acceptors (Lipinski definition) is 2. The Labute approximate surface area is 111 Å². The van der Waals surface area contributed by atoms with E-state index in [-0.39, 0.29) is 0 Å². The first kappa shape index (κ1) is 12.2. The summed E-state index contributed by atoms with van der Waals surface area (Å²) in [5.74, 6) is 1.78. The van der Waals surface area contributed by atoms with Crippen molar-refractivity contribution in [3.8, 4) is 0 Å². The van der Waals surface area contributed by atoms with Crippen molar-refractivity contribution in [3.05, 3.63) is 35.9 Å². The van der Waals surface area contributed by atoms with Crippen LogP contribution in [0, 0.1) is 11.8 Å². The number of benzene rings is 1. The van der Waals surface area contributed by atoms with Gasteiger partial charge in [0.2, 0.25) is 0 Å². The highest BCUT2D eigenvalue weighted by Crippen LogP contribution is 2.39. The molecule has 1 saturated carbocycles. The molecule has 0 amide bonds. The number of likely N-dealkylation sites (tertiary alicyclic amines) is 1. The van der Waals surface area contributed by atoms with Crippen LogP contribution in [0.1, 0.15) is 18.4 Å². The monoisotopic (exact) mass is 244 g/mol. The zero-order valence-electron chi connectivity index (χ0n) is 11.5. The van der Waals surface area contributed by atoms with Crippen LogP contribution >= 0.6 is 0 Å². The summed E-state index contributed by atoms with van der Waals surface area (Å²) in [5.41, 5.74) is 1.46. The predicted molar refractivity (Wildman–Crippen MR) is 75.4 cm³/mol. The van der Waals surface area contributed by atoms with Crippen molar-refractivity contribution < 1.29 is 0 Å². The van der Waals surface area contributed by atoms with E-state index in [1.165, 1.54) is 31.5 Å². The number of hydrogen-bond donors (Lipinski definition) is 0. The Bertz CT molecular complexity index is 373. The topological polar surface area (TPSA) is 6.48 Å². The first-order chi connectivity index (χ1) is 8.74. The van der Waals surface area contributed by atoms with Crippen LogP contribution in [-0.4, -0.2) is 43.0 Å². The second-order valence-electron chi connectivity index (χ2n) is 6.23. The Kier molecular flexibility index (Phi) is 3.40. The third-order valence-corrected chi connectivity index (χ3v) is 4.70. The van der Waals surface area contributed by atoms with Crippen LogP contribution in [0.3, 0.4) is 0 Å². The lowest BCUT2D eigenvalue weighted by molar-refractivity contribution is 0.0714. The summed E-state index contributed by atoms with van der Waals surface area (Å²) >= 11 is 0. The van der Waals surface area contributed by atoms with Crippen molar-refractivity contribution in [2.24, 2.45) is 11.8 Å². The minimum absolute atomic E-state index is 0.831. The first-order valence-electron chi connectivity index (χ1n) is 7.17. The fourth-order valence-electron chi connectivity index (χ4n) is 4.10. The maximum absolute atomic E-state index is 2.66. The second kappa shape index (κ2) is 5.02. The molecule has 98 valence electrons. The molecule has 0 radical (unpaired) electrons. The summed E-state index contributed by atoms with van der Waals surface area (Å²) in [4.78, 5) is 5.12. The molecule has 2 unspecified atom stereocenters. The summed E-state index contributed by atoms with van der Waals surface area (Å²) in [6.45, 7) is 3.70. The molecule has 3 rings (SSSR count). The van der Waals surface area contributed by atoms with Gasteiger partial charge in [0.25, 0.3) is 0 Å². The Morgan fingerprint density at radius 2 is 1.67 bits per heavy atom. The molecule has 2 bridgehead atoms. The number of fused-ring (bicyclic) bond motifs is 2. The van der Waals surface area contributed by atoms with Gasteiger partial charge in [-0.05, 0) is 44.3 Å². The number of nitrogens with zero attached hydrogens (tertiary/aromatic N) is 2. The van der Waals surface area contributed by atoms with Crippen LogP contribution in [-0.2, 0) is 6.54 Å². The SMILES string of the molecule is CN(C)C1C2CCC1CN(Cc1ccccc1)C2. The number of rotatable bonds is 3. The summed E-state index contributed by atoms with van der Waals surface area (Å²) in [6.07, 6.45) is 2.86. The molecular formula is C16H24N2. The van der Waals surface area contributed by atoms with Gasteiger partial charge in [-0.25, -0.2) is 0 Å². The van der Waals surface area contributed by atoms with E-state index in [2.05, 4.69) is 54.2 Å². The van der Waals surface area contributed by atoms with E-state index in [0.29, 0.717) is 0 Å². The van der Waals surface area contributed by atoms with Gasteiger partial charge in [-0.1, -0.05) is 30.3 Å². The van der Waals surface area contributed by atoms with Crippen LogP contribution in [0.25, 0.3) is 0 Å². The Morgan fingerprint density at radius 1 is 1.06 bits per heavy atom. The highest BCUT2D eigenvalue weighted by Gasteiger charge is 2.42. The van der Waals surface area contributed by atoms with Crippen molar-refractivity contribution in [3.63, 3.8) is 0 Å². The smallest absolute Gasteiger partial charge is 0.0233 e. The molecule has 1 heterocycles. The van der Waals surface area contributed by atoms with Crippen LogP contribution in [0.5, 0.6) is 0 Å². The zero-order valence-corrected chi connectivity index (χ0v) is 11.5. The van der Waals surface area contributed by atoms with E-state index in [9.17, 15) is 0 Å². The molecule has 2 atom stereocenters. The molecule has 2 heteroatoms. The Balaban J connectivity index is 1.65. The van der Waals surface area contributed by atoms with Gasteiger partial charge in [0.15, 0.2) is 0 Å². The van der Waals surface area contributed by atoms with E-state index < -0.39 is 0 Å². The maximum Gasteiger partial charge on any atom is 0.0233 e. The zero-order chi connectivity index (χ0) is 12.5. The van der Waals surface area contributed by atoms with Crippen LogP contribution < -0.4 is 0 Å². The van der Waals surface area contributed by atoms with Gasteiger partial charge >= 0.3 is 0 Å². The lowest BCUT2D eigenvalue weighted by atomic mass is 9.91. The summed E-state index contributed by atoms with van der Waals surface area (Å²) < 4.78 is 0. The standard InChI is InChI=1S/C16H24N2/c1-17(2)16-14-8-9-15(16)12-18(11-14)10-13-6-4-3-5-7-13/h3-7,14-16H,8-12H2,1-2H3. The molecule has 2 fully saturated rings. The summed E-state index contributed by atoms with van der Waals surface area (Å²) in [7, 11) is 4.51. The van der Waals surface area contributed by atoms with Crippen LogP contribution in [0.4, 0.5) is 0 Å². The average Bonchev–Trinajstić information content (AvgIpc) is 2.63. The normalized spacial score (nSPS) is 32.1. The molecule has 18 heavy (non-hydrogen) atoms. The molecule has 2 aliphatic rings. The van der Waals surface area contributed by atoms with Crippen LogP contribution in [0.2, 0.25) is 0 Å². The molecule has 2 nitrogen and oxygen atoms in total. The lowest BCUT2D eigenvalue weighted by Gasteiger charge is -2.41. The van der Waals surface area contributed by atoms with Crippen LogP contribution in [0.15, 0.2) is 30.3 Å². The molecule has 1 aromatic rings. The largest absolute Gasteiger partial charge is 0.306 e. The summed E-state index contributed by atoms with van der Waals surface area (Å²) in [5, 5.41) is 0. The molecule has 1 aliphatic carbocycles. The predicted octanol–water partition coefficient (Wildman–Crippen LogP) is 2.46. The molecule has 1 aliphatic heterocycles. The fourth-order valence-corrected chi connectivity index (χ4v) is 4.10. The lowest BCUT2D eigenvalue weighted by Crippen LogP contribution is -2.50. The van der Waals surface area contributed by atoms with Gasteiger partial charge in [-0.2, -0.15) is 0 Å². The molecule has 1 saturated heterocycles. The molecular weight excluding hydrogens is 220 g/mol. The molecule has 1 aromatic carbocycles. The second-order valence-corrected chi connectivity index (χ2v) is 6.23. The third-order valence-electron chi connectivity index (χ3n) is 4.70. The van der Waals surface area contributed by atoms with Gasteiger partial charge in [0.05, 0.1) is 0 Å². The van der Waals surface area contributed by atoms with Gasteiger partial charge in [-0.3, -0.25) is 4.90 Å². The van der Waals surface area contributed by atoms with Crippen molar-refractivity contribution in [1.29, 1.82) is 0 Å². The van der Waals surface area contributed by atoms with Crippen molar-refractivity contribution >= 4 is 0 Å². The fraction of sp³-hybridized carbons (Fsp3) is 0.625. The maximum atomic E-state index is 2.66. The minimum Gasteiger partial charge on any atom is -0.306 e. The van der Waals surface area contributed by atoms with E-state index in [1.807, 2.05) is 0 Å². The highest BCUT2D eigenvalue weighted by atomic mass is 15.2. The quantitative estimate of drug-likeness (QED) is 0.806. The third kappa shape index (κ3) is 2.32. The molecule has 0 aromatic heterocycles. The molecule has 0 N–H and O–H groups in total. The first-order valence-corrected chi connectivity index (χ1v) is 7.17. The van der Waals surface area contributed by atoms with Gasteiger partial charge in [0.1, 0.15) is 0 Å². The number of piperidine rings is 1. The average molecular weight is 244 g/mol. The van der Waals surface area contributed by atoms with Gasteiger partial charge in [0, 0.05) is 25.7 Å². The van der Waals surface area contributed by atoms with Gasteiger partial charge < -0.3 is 4.90 Å². The van der Waals surface area contributed by atoms with E-state index >= 15 is 0 Å². The van der Waals surface area contributed by atoms with E-state index in [0.717, 1.165) is 24.4 Å². The Hall–Kier alpha value is -0.860.